The van der Waals surface area contributed by atoms with Crippen LogP contribution in [0, 0.1) is 0 Å². The number of carbonyl (C=O) groups excluding carboxylic acids is 4. The van der Waals surface area contributed by atoms with Crippen molar-refractivity contribution in [1.82, 2.24) is 49.6 Å². The van der Waals surface area contributed by atoms with Crippen molar-refractivity contribution in [3.05, 3.63) is 106 Å². The summed E-state index contributed by atoms with van der Waals surface area (Å²) in [5, 5.41) is 7.75. The molecule has 2 amide bonds. The van der Waals surface area contributed by atoms with Gasteiger partial charge in [0, 0.05) is 111 Å². The fourth-order valence-corrected chi connectivity index (χ4v) is 15.5. The first kappa shape index (κ1) is 65.5. The van der Waals surface area contributed by atoms with Crippen molar-refractivity contribution in [3.63, 3.8) is 0 Å². The van der Waals surface area contributed by atoms with Gasteiger partial charge in [-0.3, -0.25) is 9.59 Å². The number of sulfonamides is 2. The van der Waals surface area contributed by atoms with E-state index in [4.69, 9.17) is 14.2 Å². The summed E-state index contributed by atoms with van der Waals surface area (Å²) in [6.45, 7) is 19.0. The summed E-state index contributed by atoms with van der Waals surface area (Å²) in [7, 11) is -8.96. The lowest BCUT2D eigenvalue weighted by atomic mass is 9.86. The van der Waals surface area contributed by atoms with E-state index in [0.717, 1.165) is 77.2 Å². The highest BCUT2D eigenvalue weighted by molar-refractivity contribution is 7.90. The first-order valence-corrected chi connectivity index (χ1v) is 37.0. The minimum Gasteiger partial charge on any atom is -0.447 e. The quantitative estimate of drug-likeness (QED) is 0.0202. The lowest BCUT2D eigenvalue weighted by Gasteiger charge is -2.28. The van der Waals surface area contributed by atoms with Crippen LogP contribution in [-0.2, 0) is 53.8 Å². The molecule has 0 aliphatic heterocycles. The second kappa shape index (κ2) is 29.9. The van der Waals surface area contributed by atoms with Gasteiger partial charge < -0.3 is 34.4 Å². The highest BCUT2D eigenvalue weighted by Crippen LogP contribution is 2.41. The van der Waals surface area contributed by atoms with Gasteiger partial charge in [0.1, 0.15) is 18.4 Å². The van der Waals surface area contributed by atoms with E-state index in [9.17, 15) is 36.0 Å². The van der Waals surface area contributed by atoms with Gasteiger partial charge in [-0.05, 0) is 97.2 Å². The molecule has 0 spiro atoms. The molecule has 8 rings (SSSR count). The molecule has 2 saturated carbocycles. The van der Waals surface area contributed by atoms with Crippen molar-refractivity contribution in [2.24, 2.45) is 0 Å². The molecule has 21 nitrogen and oxygen atoms in total. The van der Waals surface area contributed by atoms with Crippen LogP contribution >= 0.6 is 22.7 Å². The number of benzene rings is 2. The van der Waals surface area contributed by atoms with E-state index in [1.807, 2.05) is 32.3 Å². The predicted octanol–water partition coefficient (Wildman–Crippen LogP) is 10.6. The Morgan fingerprint density at radius 2 is 1.14 bits per heavy atom. The molecule has 456 valence electrons. The molecule has 26 heteroatoms. The van der Waals surface area contributed by atoms with Crippen LogP contribution in [-0.4, -0.2) is 122 Å². The Morgan fingerprint density at radius 3 is 1.57 bits per heavy atom. The largest absolute Gasteiger partial charge is 0.447 e. The maximum Gasteiger partial charge on any atom is 0.407 e. The number of hydrogen-bond donors (Lipinski definition) is 5. The third-order valence-electron chi connectivity index (χ3n) is 14.1. The maximum absolute atomic E-state index is 13.4. The van der Waals surface area contributed by atoms with Gasteiger partial charge >= 0.3 is 12.2 Å². The molecule has 2 aliphatic carbocycles. The average molecular weight is 1250 g/mol. The van der Waals surface area contributed by atoms with Crippen LogP contribution in [0.5, 0.6) is 0 Å². The summed E-state index contributed by atoms with van der Waals surface area (Å²) < 4.78 is 76.2. The fraction of sp³-hybridized carbons (Fsp3) is 0.517. The van der Waals surface area contributed by atoms with Crippen molar-refractivity contribution in [1.29, 1.82) is 0 Å². The van der Waals surface area contributed by atoms with E-state index >= 15 is 0 Å². The molecular weight excluding hydrogens is 1170 g/mol. The molecule has 84 heavy (non-hydrogen) atoms. The molecule has 4 heterocycles. The molecule has 6 aromatic rings. The summed E-state index contributed by atoms with van der Waals surface area (Å²) in [6, 6.07) is 10.8. The molecular formula is C58H80N10O11S4Si. The average Bonchev–Trinajstić information content (AvgIpc) is 4.15. The normalized spacial score (nSPS) is 17.6. The predicted molar refractivity (Wildman–Crippen MR) is 327 cm³/mol. The fourth-order valence-electron chi connectivity index (χ4n) is 9.84. The smallest absolute Gasteiger partial charge is 0.407 e. The Balaban J connectivity index is 0.000000245. The number of Topliss-reactive ketones (excluding diaryl/α,β-unsaturated/α-hetero) is 2. The number of nitrogens with zero attached hydrogens (tertiary/aromatic N) is 5. The second-order valence-corrected chi connectivity index (χ2v) is 34.0. The molecule has 2 aromatic carbocycles. The Kier molecular flexibility index (Phi) is 23.3. The van der Waals surface area contributed by atoms with Crippen molar-refractivity contribution in [2.45, 2.75) is 184 Å². The zero-order valence-corrected chi connectivity index (χ0v) is 53.6. The zero-order valence-electron chi connectivity index (χ0n) is 49.4. The molecule has 0 saturated heterocycles. The summed E-state index contributed by atoms with van der Waals surface area (Å²) >= 11 is 2.94. The number of aromatic amines is 1. The lowest BCUT2D eigenvalue weighted by Crippen LogP contribution is -2.38. The third-order valence-corrected chi connectivity index (χ3v) is 21.4. The molecule has 0 radical (unpaired) electrons. The van der Waals surface area contributed by atoms with Crippen LogP contribution in [0.4, 0.5) is 9.59 Å². The number of ether oxygens (including phenoxy) is 3. The van der Waals surface area contributed by atoms with E-state index < -0.39 is 34.2 Å². The Hall–Kier alpha value is -6.00. The number of imidazole rings is 2. The number of aromatic nitrogens is 6. The number of amides is 2. The first-order chi connectivity index (χ1) is 39.9. The van der Waals surface area contributed by atoms with Crippen molar-refractivity contribution in [2.75, 3.05) is 19.7 Å². The SMILES string of the molecule is CCNS(=O)(=O)c1cc(C(=O)Cc2ncc[nH]2)ccc1-c1cnc(C2CCC(NC(=O)OC(C)C)CC2)s1.CCNS(=O)(=O)c1cc(C(=O)Cc2nccn2COCC[Si](C)(C)C)ccc1-c1cnc(C2CCC(NC(=O)OC(C)C)CC2)s1. The Labute approximate surface area is 502 Å². The van der Waals surface area contributed by atoms with Crippen molar-refractivity contribution in [3.8, 4) is 20.9 Å². The number of carbonyl (C=O) groups is 4. The number of ketones is 2. The molecule has 5 N–H and O–H groups in total. The molecule has 2 fully saturated rings. The Morgan fingerprint density at radius 1 is 0.667 bits per heavy atom. The maximum atomic E-state index is 13.4. The highest BCUT2D eigenvalue weighted by atomic mass is 32.2. The van der Waals surface area contributed by atoms with Crippen molar-refractivity contribution >= 4 is 74.5 Å². The number of nitrogens with one attached hydrogen (secondary N) is 5. The number of hydrogen-bond acceptors (Lipinski definition) is 17. The monoisotopic (exact) mass is 1250 g/mol. The number of thiazole rings is 2. The number of rotatable bonds is 25. The van der Waals surface area contributed by atoms with Crippen LogP contribution in [0.25, 0.3) is 20.9 Å². The standard InChI is InChI=1S/C32H47N5O6S2Si.C26H33N5O5S2/c1-7-35-45(40,41)29-18-24(27(38)19-30-33-14-15-37(30)21-42-16-17-46(4,5)6)10-13-26(29)28-20-34-31(44-28)23-8-11-25(12-9-23)36-32(39)43-22(2)3;1-4-30-38(34,35)23-13-18(21(32)14-24-27-11-12-28-24)7-10-20(23)22-15-29-25(37-22)17-5-8-19(9-6-17)31-26(33)36-16(2)3/h10,13-15,18,20,22-23,25,35H,7-9,11-12,16-17,19,21H2,1-6H3,(H,36,39);7,10-13,15-17,19,30H,4-6,8-9,14H2,1-3H3,(H,27,28)(H,31,33). The molecule has 0 atom stereocenters. The zero-order chi connectivity index (χ0) is 60.8. The van der Waals surface area contributed by atoms with Gasteiger partial charge in [0.25, 0.3) is 0 Å². The van der Waals surface area contributed by atoms with E-state index in [1.54, 1.807) is 75.3 Å². The van der Waals surface area contributed by atoms with Gasteiger partial charge in [0.2, 0.25) is 20.0 Å². The van der Waals surface area contributed by atoms with Crippen LogP contribution in [0.2, 0.25) is 25.7 Å². The molecule has 2 aliphatic rings. The van der Waals surface area contributed by atoms with Crippen molar-refractivity contribution < 1.29 is 50.2 Å². The van der Waals surface area contributed by atoms with Gasteiger partial charge in [-0.2, -0.15) is 0 Å². The lowest BCUT2D eigenvalue weighted by molar-refractivity contribution is 0.0838. The summed E-state index contributed by atoms with van der Waals surface area (Å²) in [5.74, 6) is 1.07. The van der Waals surface area contributed by atoms with Gasteiger partial charge in [0.05, 0.1) is 54.6 Å². The molecule has 0 bridgehead atoms. The van der Waals surface area contributed by atoms with Gasteiger partial charge in [-0.1, -0.05) is 57.8 Å². The van der Waals surface area contributed by atoms with E-state index in [2.05, 4.69) is 64.6 Å². The Bertz CT molecular complexity index is 3400. The topological polar surface area (TPSA) is 285 Å². The minimum absolute atomic E-state index is 0.0157. The second-order valence-electron chi connectivity index (χ2n) is 22.7. The van der Waals surface area contributed by atoms with E-state index in [1.165, 1.54) is 34.8 Å². The van der Waals surface area contributed by atoms with Gasteiger partial charge in [0.15, 0.2) is 11.6 Å². The van der Waals surface area contributed by atoms with Gasteiger partial charge in [-0.15, -0.1) is 22.7 Å². The third kappa shape index (κ3) is 18.7. The van der Waals surface area contributed by atoms with Crippen LogP contribution in [0.1, 0.15) is 147 Å². The highest BCUT2D eigenvalue weighted by Gasteiger charge is 2.31. The van der Waals surface area contributed by atoms with Crippen LogP contribution in [0.15, 0.2) is 83.4 Å². The van der Waals surface area contributed by atoms with Crippen LogP contribution < -0.4 is 20.1 Å². The van der Waals surface area contributed by atoms with E-state index in [-0.39, 0.29) is 89.5 Å². The van der Waals surface area contributed by atoms with Gasteiger partial charge in [-0.25, -0.2) is 55.8 Å². The summed E-state index contributed by atoms with van der Waals surface area (Å²) in [6.07, 6.45) is 15.7. The molecule has 4 aromatic heterocycles. The summed E-state index contributed by atoms with van der Waals surface area (Å²) in [4.78, 5) is 72.4. The van der Waals surface area contributed by atoms with Crippen LogP contribution in [0.3, 0.4) is 0 Å². The molecule has 0 unspecified atom stereocenters. The first-order valence-electron chi connectivity index (χ1n) is 28.7. The van der Waals surface area contributed by atoms with E-state index in [0.29, 0.717) is 47.2 Å². The minimum atomic E-state index is -3.90. The number of H-pyrrole nitrogens is 1. The summed E-state index contributed by atoms with van der Waals surface area (Å²) in [5.41, 5.74) is 1.61. The number of alkyl carbamates (subject to hydrolysis) is 2.